The van der Waals surface area contributed by atoms with Crippen molar-refractivity contribution in [3.8, 4) is 17.0 Å². The van der Waals surface area contributed by atoms with Gasteiger partial charge in [0.05, 0.1) is 12.8 Å². The second kappa shape index (κ2) is 8.20. The predicted octanol–water partition coefficient (Wildman–Crippen LogP) is 4.43. The van der Waals surface area contributed by atoms with Gasteiger partial charge in [-0.2, -0.15) is 0 Å². The van der Waals surface area contributed by atoms with Gasteiger partial charge in [-0.1, -0.05) is 23.7 Å². The first-order valence-corrected chi connectivity index (χ1v) is 10.3. The number of nitrogens with zero attached hydrogens (tertiary/aromatic N) is 3. The van der Waals surface area contributed by atoms with Gasteiger partial charge >= 0.3 is 0 Å². The van der Waals surface area contributed by atoms with Gasteiger partial charge in [-0.3, -0.25) is 4.79 Å². The van der Waals surface area contributed by atoms with Crippen LogP contribution in [0.15, 0.2) is 53.9 Å². The van der Waals surface area contributed by atoms with Gasteiger partial charge in [0.25, 0.3) is 5.91 Å². The molecule has 2 aromatic carbocycles. The number of anilines is 1. The predicted molar refractivity (Wildman–Crippen MR) is 114 cm³/mol. The number of hydrogen-bond acceptors (Lipinski definition) is 5. The molecule has 1 aromatic heterocycles. The Labute approximate surface area is 173 Å². The molecule has 7 heteroatoms. The highest BCUT2D eigenvalue weighted by molar-refractivity contribution is 7.14. The van der Waals surface area contributed by atoms with E-state index in [2.05, 4.69) is 10.3 Å². The highest BCUT2D eigenvalue weighted by Gasteiger charge is 2.23. The molecule has 0 bridgehead atoms. The second-order valence-corrected chi connectivity index (χ2v) is 7.81. The van der Waals surface area contributed by atoms with E-state index in [0.717, 1.165) is 35.2 Å². The van der Waals surface area contributed by atoms with Crippen molar-refractivity contribution in [3.63, 3.8) is 0 Å². The highest BCUT2D eigenvalue weighted by atomic mass is 35.5. The Morgan fingerprint density at radius 3 is 2.57 bits per heavy atom. The molecule has 0 spiro atoms. The fourth-order valence-corrected chi connectivity index (χ4v) is 4.21. The summed E-state index contributed by atoms with van der Waals surface area (Å²) in [6.45, 7) is 2.89. The minimum absolute atomic E-state index is 0.0486. The molecule has 1 amide bonds. The summed E-state index contributed by atoms with van der Waals surface area (Å²) < 4.78 is 5.30. The molecule has 1 aliphatic heterocycles. The lowest BCUT2D eigenvalue weighted by Gasteiger charge is -2.34. The van der Waals surface area contributed by atoms with Gasteiger partial charge in [-0.25, -0.2) is 4.98 Å². The summed E-state index contributed by atoms with van der Waals surface area (Å²) >= 11 is 7.54. The summed E-state index contributed by atoms with van der Waals surface area (Å²) in [6.07, 6.45) is 0. The van der Waals surface area contributed by atoms with Crippen molar-refractivity contribution in [2.75, 3.05) is 38.2 Å². The number of ether oxygens (including phenoxy) is 1. The van der Waals surface area contributed by atoms with Gasteiger partial charge in [-0.15, -0.1) is 11.3 Å². The number of aromatic nitrogens is 1. The van der Waals surface area contributed by atoms with E-state index in [1.165, 1.54) is 0 Å². The van der Waals surface area contributed by atoms with Crippen LogP contribution in [0.5, 0.6) is 5.75 Å². The summed E-state index contributed by atoms with van der Waals surface area (Å²) in [5.74, 6) is 0.869. The number of halogens is 1. The Balaban J connectivity index is 1.41. The normalized spacial score (nSPS) is 14.2. The molecular weight excluding hydrogens is 394 g/mol. The fraction of sp³-hybridized carbons (Fsp3) is 0.238. The Bertz CT molecular complexity index is 966. The molecular formula is C21H20ClN3O2S. The Hall–Kier alpha value is -2.57. The van der Waals surface area contributed by atoms with Gasteiger partial charge < -0.3 is 14.5 Å². The molecule has 0 N–H and O–H groups in total. The van der Waals surface area contributed by atoms with E-state index in [1.54, 1.807) is 42.7 Å². The lowest BCUT2D eigenvalue weighted by atomic mass is 10.1. The molecule has 5 nitrogen and oxygen atoms in total. The first-order chi connectivity index (χ1) is 13.6. The third-order valence-corrected chi connectivity index (χ3v) is 5.94. The standard InChI is InChI=1S/C21H20ClN3O2S/c1-27-18-4-2-3-16(13-18)19-14-28-21(23-19)25-11-9-24(10-12-25)20(26)15-5-7-17(22)8-6-15/h2-8,13-14H,9-12H2,1H3. The number of thiazole rings is 1. The third kappa shape index (κ3) is 3.98. The number of amides is 1. The molecule has 2 heterocycles. The minimum atomic E-state index is 0.0486. The molecule has 3 aromatic rings. The Kier molecular flexibility index (Phi) is 5.50. The van der Waals surface area contributed by atoms with Crippen molar-refractivity contribution in [2.45, 2.75) is 0 Å². The van der Waals surface area contributed by atoms with Crippen LogP contribution in [0.25, 0.3) is 11.3 Å². The number of methoxy groups -OCH3 is 1. The maximum atomic E-state index is 12.6. The molecule has 1 fully saturated rings. The molecule has 4 rings (SSSR count). The number of rotatable bonds is 4. The molecule has 0 radical (unpaired) electrons. The van der Waals surface area contributed by atoms with Crippen molar-refractivity contribution in [1.82, 2.24) is 9.88 Å². The summed E-state index contributed by atoms with van der Waals surface area (Å²) in [7, 11) is 1.66. The van der Waals surface area contributed by atoms with Crippen molar-refractivity contribution >= 4 is 34.0 Å². The summed E-state index contributed by atoms with van der Waals surface area (Å²) in [5, 5.41) is 3.68. The molecule has 1 aliphatic rings. The van der Waals surface area contributed by atoms with Crippen LogP contribution in [0.2, 0.25) is 5.02 Å². The largest absolute Gasteiger partial charge is 0.497 e. The maximum absolute atomic E-state index is 12.6. The second-order valence-electron chi connectivity index (χ2n) is 6.53. The molecule has 0 aliphatic carbocycles. The minimum Gasteiger partial charge on any atom is -0.497 e. The van der Waals surface area contributed by atoms with Crippen LogP contribution in [0.4, 0.5) is 5.13 Å². The first-order valence-electron chi connectivity index (χ1n) is 9.04. The SMILES string of the molecule is COc1cccc(-c2csc(N3CCN(C(=O)c4ccc(Cl)cc4)CC3)n2)c1. The zero-order valence-electron chi connectivity index (χ0n) is 15.5. The zero-order valence-corrected chi connectivity index (χ0v) is 17.0. The average molecular weight is 414 g/mol. The smallest absolute Gasteiger partial charge is 0.253 e. The van der Waals surface area contributed by atoms with E-state index in [9.17, 15) is 4.79 Å². The van der Waals surface area contributed by atoms with Gasteiger partial charge in [0, 0.05) is 47.7 Å². The van der Waals surface area contributed by atoms with Crippen molar-refractivity contribution in [2.24, 2.45) is 0 Å². The van der Waals surface area contributed by atoms with Crippen LogP contribution in [0.1, 0.15) is 10.4 Å². The van der Waals surface area contributed by atoms with Gasteiger partial charge in [-0.05, 0) is 36.4 Å². The molecule has 0 atom stereocenters. The summed E-state index contributed by atoms with van der Waals surface area (Å²) in [4.78, 5) is 21.6. The van der Waals surface area contributed by atoms with E-state index in [4.69, 9.17) is 21.3 Å². The van der Waals surface area contributed by atoms with E-state index in [1.807, 2.05) is 29.2 Å². The van der Waals surface area contributed by atoms with Crippen molar-refractivity contribution in [1.29, 1.82) is 0 Å². The summed E-state index contributed by atoms with van der Waals surface area (Å²) in [5.41, 5.74) is 2.66. The molecule has 144 valence electrons. The number of hydrogen-bond donors (Lipinski definition) is 0. The molecule has 28 heavy (non-hydrogen) atoms. The molecule has 0 unspecified atom stereocenters. The third-order valence-electron chi connectivity index (χ3n) is 4.79. The number of carbonyl (C=O) groups is 1. The van der Waals surface area contributed by atoms with Crippen LogP contribution in [0.3, 0.4) is 0 Å². The maximum Gasteiger partial charge on any atom is 0.253 e. The number of carbonyl (C=O) groups excluding carboxylic acids is 1. The zero-order chi connectivity index (χ0) is 19.5. The van der Waals surface area contributed by atoms with E-state index in [-0.39, 0.29) is 5.91 Å². The lowest BCUT2D eigenvalue weighted by Crippen LogP contribution is -2.48. The lowest BCUT2D eigenvalue weighted by molar-refractivity contribution is 0.0747. The van der Waals surface area contributed by atoms with E-state index < -0.39 is 0 Å². The van der Waals surface area contributed by atoms with Gasteiger partial charge in [0.1, 0.15) is 5.75 Å². The first kappa shape index (κ1) is 18.8. The van der Waals surface area contributed by atoms with Gasteiger partial charge in [0.15, 0.2) is 5.13 Å². The Morgan fingerprint density at radius 2 is 1.86 bits per heavy atom. The number of benzene rings is 2. The van der Waals surface area contributed by atoms with E-state index >= 15 is 0 Å². The van der Waals surface area contributed by atoms with Crippen LogP contribution >= 0.6 is 22.9 Å². The van der Waals surface area contributed by atoms with Gasteiger partial charge in [0.2, 0.25) is 0 Å². The quantitative estimate of drug-likeness (QED) is 0.634. The fourth-order valence-electron chi connectivity index (χ4n) is 3.20. The van der Waals surface area contributed by atoms with Crippen molar-refractivity contribution in [3.05, 3.63) is 64.5 Å². The van der Waals surface area contributed by atoms with Crippen LogP contribution < -0.4 is 9.64 Å². The Morgan fingerprint density at radius 1 is 1.11 bits per heavy atom. The molecule has 1 saturated heterocycles. The molecule has 0 saturated carbocycles. The van der Waals surface area contributed by atoms with Crippen LogP contribution in [-0.2, 0) is 0 Å². The van der Waals surface area contributed by atoms with Crippen LogP contribution in [-0.4, -0.2) is 49.1 Å². The highest BCUT2D eigenvalue weighted by Crippen LogP contribution is 2.30. The topological polar surface area (TPSA) is 45.7 Å². The van der Waals surface area contributed by atoms with Crippen molar-refractivity contribution < 1.29 is 9.53 Å². The van der Waals surface area contributed by atoms with Crippen LogP contribution in [0, 0.1) is 0 Å². The van der Waals surface area contributed by atoms with E-state index in [0.29, 0.717) is 23.7 Å². The summed E-state index contributed by atoms with van der Waals surface area (Å²) in [6, 6.07) is 15.0. The number of piperazine rings is 1. The monoisotopic (exact) mass is 413 g/mol. The average Bonchev–Trinajstić information content (AvgIpc) is 3.24.